The summed E-state index contributed by atoms with van der Waals surface area (Å²) >= 11 is 1.62. The van der Waals surface area contributed by atoms with Crippen molar-refractivity contribution in [1.82, 2.24) is 14.9 Å². The zero-order chi connectivity index (χ0) is 15.4. The van der Waals surface area contributed by atoms with Crippen LogP contribution in [0.1, 0.15) is 30.7 Å². The topological polar surface area (TPSA) is 83.4 Å². The number of carbonyl (C=O) groups excluding carboxylic acids is 1. The lowest BCUT2D eigenvalue weighted by Gasteiger charge is -2.16. The molecule has 2 aromatic rings. The maximum atomic E-state index is 12.2. The molecule has 110 valence electrons. The number of carboxylic acids is 1. The van der Waals surface area contributed by atoms with Gasteiger partial charge in [0, 0.05) is 37.3 Å². The highest BCUT2D eigenvalue weighted by Gasteiger charge is 2.14. The molecule has 0 atom stereocenters. The van der Waals surface area contributed by atoms with Crippen molar-refractivity contribution >= 4 is 23.2 Å². The summed E-state index contributed by atoms with van der Waals surface area (Å²) < 4.78 is 0. The van der Waals surface area contributed by atoms with Crippen LogP contribution in [0.5, 0.6) is 0 Å². The standard InChI is InChI=1S/C14H15N3O3S/c1-9-7-16-12(21-9)5-6-17(2)13(18)10-3-4-11(14(19)20)15-8-10/h3-4,7-8H,5-6H2,1-2H3,(H,19,20). The van der Waals surface area contributed by atoms with Gasteiger partial charge in [0.05, 0.1) is 10.6 Å². The predicted molar refractivity (Wildman–Crippen MR) is 78.7 cm³/mol. The van der Waals surface area contributed by atoms with Crippen molar-refractivity contribution in [2.24, 2.45) is 0 Å². The number of hydrogen-bond donors (Lipinski definition) is 1. The summed E-state index contributed by atoms with van der Waals surface area (Å²) in [5, 5.41) is 9.76. The number of nitrogens with zero attached hydrogens (tertiary/aromatic N) is 3. The highest BCUT2D eigenvalue weighted by Crippen LogP contribution is 2.12. The second-order valence-corrected chi connectivity index (χ2v) is 5.90. The van der Waals surface area contributed by atoms with E-state index in [0.717, 1.165) is 9.88 Å². The third-order valence-corrected chi connectivity index (χ3v) is 3.88. The third kappa shape index (κ3) is 3.85. The van der Waals surface area contributed by atoms with E-state index in [0.29, 0.717) is 18.5 Å². The molecule has 6 nitrogen and oxygen atoms in total. The molecule has 2 aromatic heterocycles. The van der Waals surface area contributed by atoms with Gasteiger partial charge in [-0.3, -0.25) is 4.79 Å². The Morgan fingerprint density at radius 3 is 2.57 bits per heavy atom. The number of hydrogen-bond acceptors (Lipinski definition) is 5. The van der Waals surface area contributed by atoms with Crippen LogP contribution in [0.3, 0.4) is 0 Å². The molecule has 0 unspecified atom stereocenters. The third-order valence-electron chi connectivity index (χ3n) is 2.91. The monoisotopic (exact) mass is 305 g/mol. The molecule has 0 aliphatic heterocycles. The summed E-state index contributed by atoms with van der Waals surface area (Å²) in [6.07, 6.45) is 3.80. The number of aromatic nitrogens is 2. The maximum absolute atomic E-state index is 12.2. The van der Waals surface area contributed by atoms with Gasteiger partial charge in [-0.05, 0) is 19.1 Å². The van der Waals surface area contributed by atoms with Crippen molar-refractivity contribution in [3.63, 3.8) is 0 Å². The lowest BCUT2D eigenvalue weighted by Crippen LogP contribution is -2.29. The fourth-order valence-electron chi connectivity index (χ4n) is 1.75. The summed E-state index contributed by atoms with van der Waals surface area (Å²) in [4.78, 5) is 33.6. The molecule has 1 N–H and O–H groups in total. The van der Waals surface area contributed by atoms with Gasteiger partial charge in [0.1, 0.15) is 5.69 Å². The molecule has 0 saturated carbocycles. The minimum absolute atomic E-state index is 0.0764. The average Bonchev–Trinajstić information content (AvgIpc) is 2.89. The first kappa shape index (κ1) is 15.1. The summed E-state index contributed by atoms with van der Waals surface area (Å²) in [6, 6.07) is 2.80. The molecule has 21 heavy (non-hydrogen) atoms. The number of carbonyl (C=O) groups is 2. The molecule has 0 aromatic carbocycles. The zero-order valence-corrected chi connectivity index (χ0v) is 12.6. The lowest BCUT2D eigenvalue weighted by molar-refractivity contribution is 0.0688. The van der Waals surface area contributed by atoms with E-state index in [2.05, 4.69) is 9.97 Å². The summed E-state index contributed by atoms with van der Waals surface area (Å²) in [7, 11) is 1.70. The molecular weight excluding hydrogens is 290 g/mol. The SMILES string of the molecule is Cc1cnc(CCN(C)C(=O)c2ccc(C(=O)O)nc2)s1. The van der Waals surface area contributed by atoms with Crippen LogP contribution < -0.4 is 0 Å². The van der Waals surface area contributed by atoms with Gasteiger partial charge in [-0.1, -0.05) is 0 Å². The predicted octanol–water partition coefficient (Wildman–Crippen LogP) is 1.86. The molecule has 2 rings (SSSR count). The van der Waals surface area contributed by atoms with Crippen molar-refractivity contribution in [3.05, 3.63) is 45.7 Å². The van der Waals surface area contributed by atoms with Gasteiger partial charge in [0.25, 0.3) is 5.91 Å². The summed E-state index contributed by atoms with van der Waals surface area (Å²) in [5.41, 5.74) is 0.297. The van der Waals surface area contributed by atoms with E-state index in [1.807, 2.05) is 13.1 Å². The Labute approximate surface area is 126 Å². The van der Waals surface area contributed by atoms with Crippen LogP contribution >= 0.6 is 11.3 Å². The Morgan fingerprint density at radius 1 is 1.29 bits per heavy atom. The fraction of sp³-hybridized carbons (Fsp3) is 0.286. The van der Waals surface area contributed by atoms with Crippen molar-refractivity contribution in [2.75, 3.05) is 13.6 Å². The molecule has 0 fully saturated rings. The van der Waals surface area contributed by atoms with Crippen LogP contribution in [0.4, 0.5) is 0 Å². The first-order chi connectivity index (χ1) is 9.97. The number of likely N-dealkylation sites (N-methyl/N-ethyl adjacent to an activating group) is 1. The van der Waals surface area contributed by atoms with Crippen LogP contribution in [0.2, 0.25) is 0 Å². The smallest absolute Gasteiger partial charge is 0.354 e. The van der Waals surface area contributed by atoms with E-state index in [9.17, 15) is 9.59 Å². The molecule has 1 amide bonds. The number of amides is 1. The molecule has 0 bridgehead atoms. The van der Waals surface area contributed by atoms with Crippen molar-refractivity contribution in [3.8, 4) is 0 Å². The Kier molecular flexibility index (Phi) is 4.64. The van der Waals surface area contributed by atoms with Gasteiger partial charge >= 0.3 is 5.97 Å². The Balaban J connectivity index is 1.96. The van der Waals surface area contributed by atoms with Crippen LogP contribution in [0, 0.1) is 6.92 Å². The lowest BCUT2D eigenvalue weighted by atomic mass is 10.2. The largest absolute Gasteiger partial charge is 0.477 e. The highest BCUT2D eigenvalue weighted by atomic mass is 32.1. The van der Waals surface area contributed by atoms with Crippen LogP contribution in [-0.4, -0.2) is 45.4 Å². The number of thiazole rings is 1. The molecule has 0 spiro atoms. The molecular formula is C14H15N3O3S. The van der Waals surface area contributed by atoms with Gasteiger partial charge in [-0.15, -0.1) is 11.3 Å². The number of rotatable bonds is 5. The molecule has 0 aliphatic carbocycles. The van der Waals surface area contributed by atoms with Crippen LogP contribution in [-0.2, 0) is 6.42 Å². The van der Waals surface area contributed by atoms with Crippen LogP contribution in [0.25, 0.3) is 0 Å². The van der Waals surface area contributed by atoms with Gasteiger partial charge in [-0.2, -0.15) is 0 Å². The Bertz CT molecular complexity index is 652. The maximum Gasteiger partial charge on any atom is 0.354 e. The van der Waals surface area contributed by atoms with E-state index >= 15 is 0 Å². The number of carboxylic acid groups (broad SMARTS) is 1. The molecule has 0 aliphatic rings. The highest BCUT2D eigenvalue weighted by molar-refractivity contribution is 7.11. The second kappa shape index (κ2) is 6.45. The van der Waals surface area contributed by atoms with E-state index in [1.165, 1.54) is 18.3 Å². The zero-order valence-electron chi connectivity index (χ0n) is 11.7. The normalized spacial score (nSPS) is 10.4. The number of pyridine rings is 1. The Hall–Kier alpha value is -2.28. The van der Waals surface area contributed by atoms with Crippen LogP contribution in [0.15, 0.2) is 24.5 Å². The number of aryl methyl sites for hydroxylation is 1. The Morgan fingerprint density at radius 2 is 2.05 bits per heavy atom. The minimum Gasteiger partial charge on any atom is -0.477 e. The molecule has 7 heteroatoms. The van der Waals surface area contributed by atoms with E-state index in [-0.39, 0.29) is 11.6 Å². The van der Waals surface area contributed by atoms with Gasteiger partial charge in [-0.25, -0.2) is 14.8 Å². The van der Waals surface area contributed by atoms with E-state index in [1.54, 1.807) is 23.3 Å². The average molecular weight is 305 g/mol. The van der Waals surface area contributed by atoms with Crippen molar-refractivity contribution in [1.29, 1.82) is 0 Å². The fourth-order valence-corrected chi connectivity index (χ4v) is 2.53. The minimum atomic E-state index is -1.11. The molecule has 0 radical (unpaired) electrons. The summed E-state index contributed by atoms with van der Waals surface area (Å²) in [5.74, 6) is -1.30. The van der Waals surface area contributed by atoms with Crippen molar-refractivity contribution < 1.29 is 14.7 Å². The second-order valence-electron chi connectivity index (χ2n) is 4.58. The first-order valence-electron chi connectivity index (χ1n) is 6.33. The quantitative estimate of drug-likeness (QED) is 0.911. The first-order valence-corrected chi connectivity index (χ1v) is 7.15. The van der Waals surface area contributed by atoms with Gasteiger partial charge in [0.15, 0.2) is 0 Å². The van der Waals surface area contributed by atoms with Gasteiger partial charge in [0.2, 0.25) is 0 Å². The van der Waals surface area contributed by atoms with E-state index in [4.69, 9.17) is 5.11 Å². The van der Waals surface area contributed by atoms with Gasteiger partial charge < -0.3 is 10.0 Å². The van der Waals surface area contributed by atoms with Crippen molar-refractivity contribution in [2.45, 2.75) is 13.3 Å². The number of aromatic carboxylic acids is 1. The molecule has 0 saturated heterocycles. The molecule has 2 heterocycles. The van der Waals surface area contributed by atoms with E-state index < -0.39 is 5.97 Å². The summed E-state index contributed by atoms with van der Waals surface area (Å²) in [6.45, 7) is 2.54.